The summed E-state index contributed by atoms with van der Waals surface area (Å²) in [5.41, 5.74) is 0. The van der Waals surface area contributed by atoms with E-state index in [9.17, 15) is 4.79 Å². The van der Waals surface area contributed by atoms with Crippen LogP contribution in [0.5, 0.6) is 0 Å². The van der Waals surface area contributed by atoms with Gasteiger partial charge < -0.3 is 10.2 Å². The van der Waals surface area contributed by atoms with Gasteiger partial charge in [0.2, 0.25) is 0 Å². The fourth-order valence-corrected chi connectivity index (χ4v) is 0.591. The molecule has 0 saturated carbocycles. The Hall–Kier alpha value is 1.04. The summed E-state index contributed by atoms with van der Waals surface area (Å²) >= 11 is 3.86. The molecule has 58 valence electrons. The molecule has 0 spiro atoms. The Morgan fingerprint density at radius 1 is 1.60 bits per heavy atom. The molecule has 0 aliphatic rings. The molecule has 10 heavy (non-hydrogen) atoms. The first kappa shape index (κ1) is 13.6. The normalized spacial score (nSPS) is 11.8. The van der Waals surface area contributed by atoms with Crippen LogP contribution in [0, 0.1) is 0 Å². The van der Waals surface area contributed by atoms with Gasteiger partial charge in [-0.25, -0.2) is 4.79 Å². The molecule has 0 aliphatic carbocycles. The van der Waals surface area contributed by atoms with Gasteiger partial charge in [0.25, 0.3) is 0 Å². The molecule has 3 nitrogen and oxygen atoms in total. The van der Waals surface area contributed by atoms with Gasteiger partial charge in [-0.2, -0.15) is 12.6 Å². The topological polar surface area (TPSA) is 57.5 Å². The first-order valence-electron chi connectivity index (χ1n) is 2.70. The molecule has 1 atom stereocenters. The van der Waals surface area contributed by atoms with E-state index in [0.717, 1.165) is 0 Å². The van der Waals surface area contributed by atoms with E-state index in [1.165, 1.54) is 0 Å². The Morgan fingerprint density at radius 2 is 2.10 bits per heavy atom. The van der Waals surface area contributed by atoms with Gasteiger partial charge in [0.05, 0.1) is 0 Å². The zero-order valence-corrected chi connectivity index (χ0v) is 5.84. The molecular weight excluding hydrogens is 180 g/mol. The summed E-state index contributed by atoms with van der Waals surface area (Å²) in [4.78, 5) is 9.93. The summed E-state index contributed by atoms with van der Waals surface area (Å²) in [5.74, 6) is -0.540. The van der Waals surface area contributed by atoms with Crippen LogP contribution in [-0.2, 0) is 4.79 Å². The molecule has 0 rings (SSSR count). The average molecular weight is 192 g/mol. The Morgan fingerprint density at radius 3 is 2.40 bits per heavy atom. The van der Waals surface area contributed by atoms with Crippen molar-refractivity contribution in [3.05, 3.63) is 0 Å². The van der Waals surface area contributed by atoms with Crippen molar-refractivity contribution in [2.24, 2.45) is 0 Å². The molecular formula is C5H12CaO3S. The number of aliphatic hydroxyl groups is 1. The van der Waals surface area contributed by atoms with Crippen LogP contribution in [0.25, 0.3) is 0 Å². The van der Waals surface area contributed by atoms with E-state index in [2.05, 4.69) is 12.6 Å². The third kappa shape index (κ3) is 7.15. The Bertz CT molecular complexity index is 98.9. The van der Waals surface area contributed by atoms with Crippen molar-refractivity contribution < 1.29 is 15.0 Å². The second-order valence-electron chi connectivity index (χ2n) is 1.72. The molecule has 1 unspecified atom stereocenters. The third-order valence-corrected chi connectivity index (χ3v) is 1.24. The van der Waals surface area contributed by atoms with Crippen molar-refractivity contribution in [2.75, 3.05) is 5.75 Å². The molecule has 0 radical (unpaired) electrons. The molecule has 0 heterocycles. The minimum absolute atomic E-state index is 0. The number of thiol groups is 1. The molecule has 0 aliphatic heterocycles. The molecule has 0 saturated heterocycles. The van der Waals surface area contributed by atoms with E-state index in [0.29, 0.717) is 18.6 Å². The van der Waals surface area contributed by atoms with Crippen LogP contribution < -0.4 is 0 Å². The van der Waals surface area contributed by atoms with Crippen molar-refractivity contribution in [1.82, 2.24) is 0 Å². The summed E-state index contributed by atoms with van der Waals surface area (Å²) in [6, 6.07) is 0. The summed E-state index contributed by atoms with van der Waals surface area (Å²) < 4.78 is 0. The van der Waals surface area contributed by atoms with E-state index >= 15 is 0 Å². The molecule has 0 aromatic rings. The first-order chi connectivity index (χ1) is 4.18. The van der Waals surface area contributed by atoms with Crippen LogP contribution in [0.3, 0.4) is 0 Å². The molecule has 2 N–H and O–H groups in total. The molecule has 5 heteroatoms. The van der Waals surface area contributed by atoms with Gasteiger partial charge in [-0.15, -0.1) is 0 Å². The molecule has 0 aromatic carbocycles. The van der Waals surface area contributed by atoms with Gasteiger partial charge in [0, 0.05) is 0 Å². The van der Waals surface area contributed by atoms with Crippen molar-refractivity contribution in [3.8, 4) is 0 Å². The molecule has 0 amide bonds. The Labute approximate surface area is 95.2 Å². The van der Waals surface area contributed by atoms with E-state index in [-0.39, 0.29) is 37.7 Å². The van der Waals surface area contributed by atoms with Gasteiger partial charge >= 0.3 is 43.7 Å². The SMILES string of the molecule is O=C(O)C(O)CCCS.[CaH2]. The average Bonchev–Trinajstić information content (AvgIpc) is 1.82. The Balaban J connectivity index is 0. The van der Waals surface area contributed by atoms with E-state index in [4.69, 9.17) is 10.2 Å². The number of aliphatic hydroxyl groups excluding tert-OH is 1. The molecule has 0 fully saturated rings. The number of hydrogen-bond donors (Lipinski definition) is 3. The van der Waals surface area contributed by atoms with E-state index in [1.807, 2.05) is 0 Å². The number of carboxylic acids is 1. The van der Waals surface area contributed by atoms with E-state index < -0.39 is 12.1 Å². The summed E-state index contributed by atoms with van der Waals surface area (Å²) in [6.07, 6.45) is -0.285. The number of rotatable bonds is 4. The molecule has 0 bridgehead atoms. The van der Waals surface area contributed by atoms with Crippen molar-refractivity contribution in [2.45, 2.75) is 18.9 Å². The second kappa shape index (κ2) is 8.14. The minimum atomic E-state index is -1.21. The number of hydrogen-bond acceptors (Lipinski definition) is 3. The maximum absolute atomic E-state index is 9.93. The van der Waals surface area contributed by atoms with E-state index in [1.54, 1.807) is 0 Å². The third-order valence-electron chi connectivity index (χ3n) is 0.921. The second-order valence-corrected chi connectivity index (χ2v) is 2.17. The van der Waals surface area contributed by atoms with Crippen LogP contribution in [0.15, 0.2) is 0 Å². The summed E-state index contributed by atoms with van der Waals surface area (Å²) in [7, 11) is 0. The number of aliphatic carboxylic acids is 1. The zero-order valence-electron chi connectivity index (χ0n) is 4.95. The summed E-state index contributed by atoms with van der Waals surface area (Å²) in [6.45, 7) is 0. The standard InChI is InChI=1S/C5H10O3S.Ca.2H/c6-4(5(7)8)2-1-3-9;;;/h4,6,9H,1-3H2,(H,7,8);;;. The van der Waals surface area contributed by atoms with Crippen LogP contribution in [-0.4, -0.2) is 65.8 Å². The number of carboxylic acid groups (broad SMARTS) is 1. The quantitative estimate of drug-likeness (QED) is 0.405. The fraction of sp³-hybridized carbons (Fsp3) is 0.800. The predicted octanol–water partition coefficient (Wildman–Crippen LogP) is -0.774. The van der Waals surface area contributed by atoms with Crippen molar-refractivity contribution in [1.29, 1.82) is 0 Å². The van der Waals surface area contributed by atoms with Gasteiger partial charge in [0.15, 0.2) is 6.10 Å². The van der Waals surface area contributed by atoms with Gasteiger partial charge in [-0.3, -0.25) is 0 Å². The van der Waals surface area contributed by atoms with Crippen molar-refractivity contribution >= 4 is 56.3 Å². The van der Waals surface area contributed by atoms with Crippen LogP contribution in [0.1, 0.15) is 12.8 Å². The van der Waals surface area contributed by atoms with Crippen LogP contribution in [0.4, 0.5) is 0 Å². The maximum atomic E-state index is 9.93. The van der Waals surface area contributed by atoms with Gasteiger partial charge in [-0.1, -0.05) is 0 Å². The molecule has 0 aromatic heterocycles. The van der Waals surface area contributed by atoms with Gasteiger partial charge in [-0.05, 0) is 18.6 Å². The number of carbonyl (C=O) groups is 1. The first-order valence-corrected chi connectivity index (χ1v) is 3.33. The zero-order chi connectivity index (χ0) is 7.28. The fourth-order valence-electron chi connectivity index (χ4n) is 0.408. The Kier molecular flexibility index (Phi) is 11.1. The van der Waals surface area contributed by atoms with Gasteiger partial charge in [0.1, 0.15) is 0 Å². The monoisotopic (exact) mass is 192 g/mol. The van der Waals surface area contributed by atoms with Crippen LogP contribution >= 0.6 is 12.6 Å². The predicted molar refractivity (Wildman–Crippen MR) is 45.3 cm³/mol. The summed E-state index contributed by atoms with van der Waals surface area (Å²) in [5, 5.41) is 16.8. The van der Waals surface area contributed by atoms with Crippen molar-refractivity contribution in [3.63, 3.8) is 0 Å². The van der Waals surface area contributed by atoms with Crippen LogP contribution in [0.2, 0.25) is 0 Å².